The van der Waals surface area contributed by atoms with E-state index in [0.717, 1.165) is 24.2 Å². The van der Waals surface area contributed by atoms with Crippen molar-refractivity contribution in [1.82, 2.24) is 0 Å². The molecule has 1 aromatic carbocycles. The fourth-order valence-electron chi connectivity index (χ4n) is 2.18. The van der Waals surface area contributed by atoms with Gasteiger partial charge in [0.25, 0.3) is 0 Å². The molecule has 0 atom stereocenters. The molecule has 17 heavy (non-hydrogen) atoms. The second-order valence-corrected chi connectivity index (χ2v) is 4.14. The number of hydrogen-bond acceptors (Lipinski definition) is 2. The summed E-state index contributed by atoms with van der Waals surface area (Å²) in [5.74, 6) is 0. The number of benzene rings is 1. The van der Waals surface area contributed by atoms with E-state index in [-0.39, 0.29) is 0 Å². The maximum absolute atomic E-state index is 4.56. The molecule has 84 valence electrons. The van der Waals surface area contributed by atoms with Gasteiger partial charge >= 0.3 is 0 Å². The van der Waals surface area contributed by atoms with Crippen molar-refractivity contribution in [2.45, 2.75) is 12.8 Å². The standard InChI is InChI=1S/C15H14N2/c1-2-6-12(7-3-1)15-13-8-4-5-9-14(13)16-10-11-17-15/h1-2,4-6,8-11,16H,3,7H2. The quantitative estimate of drug-likeness (QED) is 0.770. The van der Waals surface area contributed by atoms with Crippen LogP contribution >= 0.6 is 0 Å². The molecule has 1 aliphatic heterocycles. The van der Waals surface area contributed by atoms with Gasteiger partial charge in [-0.3, -0.25) is 4.99 Å². The van der Waals surface area contributed by atoms with Gasteiger partial charge < -0.3 is 5.32 Å². The Morgan fingerprint density at radius 2 is 2.12 bits per heavy atom. The lowest BCUT2D eigenvalue weighted by molar-refractivity contribution is 1.00. The molecule has 2 heteroatoms. The van der Waals surface area contributed by atoms with E-state index in [9.17, 15) is 0 Å². The normalized spacial score (nSPS) is 17.6. The number of rotatable bonds is 1. The summed E-state index contributed by atoms with van der Waals surface area (Å²) in [6.07, 6.45) is 12.4. The van der Waals surface area contributed by atoms with E-state index >= 15 is 0 Å². The molecule has 1 aromatic rings. The zero-order chi connectivity index (χ0) is 11.5. The summed E-state index contributed by atoms with van der Waals surface area (Å²) < 4.78 is 0. The van der Waals surface area contributed by atoms with E-state index in [1.165, 1.54) is 11.1 Å². The van der Waals surface area contributed by atoms with Crippen LogP contribution in [0.15, 0.2) is 65.5 Å². The van der Waals surface area contributed by atoms with Crippen LogP contribution < -0.4 is 5.32 Å². The monoisotopic (exact) mass is 222 g/mol. The van der Waals surface area contributed by atoms with Gasteiger partial charge in [0.2, 0.25) is 0 Å². The highest BCUT2D eigenvalue weighted by atomic mass is 14.9. The molecule has 0 bridgehead atoms. The van der Waals surface area contributed by atoms with E-state index in [1.807, 2.05) is 18.5 Å². The van der Waals surface area contributed by atoms with Crippen molar-refractivity contribution in [2.24, 2.45) is 4.99 Å². The number of nitrogens with one attached hydrogen (secondary N) is 1. The minimum atomic E-state index is 1.07. The largest absolute Gasteiger partial charge is 0.360 e. The van der Waals surface area contributed by atoms with E-state index in [1.54, 1.807) is 0 Å². The van der Waals surface area contributed by atoms with Crippen molar-refractivity contribution >= 4 is 11.4 Å². The minimum Gasteiger partial charge on any atom is -0.360 e. The smallest absolute Gasteiger partial charge is 0.0755 e. The maximum Gasteiger partial charge on any atom is 0.0755 e. The van der Waals surface area contributed by atoms with Gasteiger partial charge in [-0.05, 0) is 24.5 Å². The third-order valence-electron chi connectivity index (χ3n) is 3.02. The Kier molecular flexibility index (Phi) is 2.62. The van der Waals surface area contributed by atoms with Crippen molar-refractivity contribution in [1.29, 1.82) is 0 Å². The first-order valence-electron chi connectivity index (χ1n) is 5.90. The highest BCUT2D eigenvalue weighted by Crippen LogP contribution is 2.25. The fraction of sp³-hybridized carbons (Fsp3) is 0.133. The molecule has 1 N–H and O–H groups in total. The van der Waals surface area contributed by atoms with Gasteiger partial charge in [-0.1, -0.05) is 36.4 Å². The van der Waals surface area contributed by atoms with Crippen LogP contribution in [-0.2, 0) is 0 Å². The Bertz CT molecular complexity index is 548. The number of hydrogen-bond donors (Lipinski definition) is 1. The summed E-state index contributed by atoms with van der Waals surface area (Å²) in [6, 6.07) is 8.30. The molecule has 0 fully saturated rings. The predicted octanol–water partition coefficient (Wildman–Crippen LogP) is 3.65. The molecular formula is C15H14N2. The van der Waals surface area contributed by atoms with Crippen molar-refractivity contribution in [3.05, 3.63) is 66.0 Å². The number of allylic oxidation sites excluding steroid dienone is 4. The van der Waals surface area contributed by atoms with Crippen LogP contribution in [0, 0.1) is 0 Å². The fourth-order valence-corrected chi connectivity index (χ4v) is 2.18. The average molecular weight is 222 g/mol. The first-order chi connectivity index (χ1) is 8.45. The van der Waals surface area contributed by atoms with Crippen molar-refractivity contribution in [3.8, 4) is 0 Å². The highest BCUT2D eigenvalue weighted by Gasteiger charge is 2.14. The molecule has 1 heterocycles. The number of aliphatic imine (C=N–C) groups is 1. The van der Waals surface area contributed by atoms with Crippen LogP contribution in [0.3, 0.4) is 0 Å². The van der Waals surface area contributed by atoms with Crippen LogP contribution in [0.1, 0.15) is 18.4 Å². The Morgan fingerprint density at radius 1 is 1.18 bits per heavy atom. The molecule has 3 rings (SSSR count). The van der Waals surface area contributed by atoms with E-state index < -0.39 is 0 Å². The number of fused-ring (bicyclic) bond motifs is 1. The van der Waals surface area contributed by atoms with E-state index in [2.05, 4.69) is 46.7 Å². The summed E-state index contributed by atoms with van der Waals surface area (Å²) in [7, 11) is 0. The van der Waals surface area contributed by atoms with Crippen molar-refractivity contribution < 1.29 is 0 Å². The third-order valence-corrected chi connectivity index (χ3v) is 3.02. The van der Waals surface area contributed by atoms with Gasteiger partial charge in [-0.15, -0.1) is 0 Å². The third kappa shape index (κ3) is 1.94. The molecular weight excluding hydrogens is 208 g/mol. The molecule has 0 spiro atoms. The Hall–Kier alpha value is -2.09. The first-order valence-corrected chi connectivity index (χ1v) is 5.90. The molecule has 0 radical (unpaired) electrons. The number of anilines is 1. The van der Waals surface area contributed by atoms with Gasteiger partial charge in [0.05, 0.1) is 5.71 Å². The topological polar surface area (TPSA) is 24.4 Å². The summed E-state index contributed by atoms with van der Waals surface area (Å²) in [5.41, 5.74) is 4.70. The van der Waals surface area contributed by atoms with Crippen LogP contribution in [-0.4, -0.2) is 5.71 Å². The second-order valence-electron chi connectivity index (χ2n) is 4.14. The lowest BCUT2D eigenvalue weighted by atomic mass is 9.94. The van der Waals surface area contributed by atoms with Gasteiger partial charge in [-0.2, -0.15) is 0 Å². The zero-order valence-electron chi connectivity index (χ0n) is 9.56. The molecule has 0 aromatic heterocycles. The molecule has 2 nitrogen and oxygen atoms in total. The SMILES string of the molecule is C1=CCCC(C2=NC=CNc3ccccc32)=C1. The van der Waals surface area contributed by atoms with Crippen molar-refractivity contribution in [3.63, 3.8) is 0 Å². The van der Waals surface area contributed by atoms with Crippen LogP contribution in [0.5, 0.6) is 0 Å². The van der Waals surface area contributed by atoms with Crippen LogP contribution in [0.2, 0.25) is 0 Å². The predicted molar refractivity (Wildman–Crippen MR) is 72.2 cm³/mol. The van der Waals surface area contributed by atoms with Gasteiger partial charge in [0.1, 0.15) is 0 Å². The first kappa shape index (κ1) is 10.1. The van der Waals surface area contributed by atoms with Crippen molar-refractivity contribution in [2.75, 3.05) is 5.32 Å². The lowest BCUT2D eigenvalue weighted by Gasteiger charge is -2.14. The maximum atomic E-state index is 4.56. The summed E-state index contributed by atoms with van der Waals surface area (Å²) in [4.78, 5) is 4.56. The van der Waals surface area contributed by atoms with Gasteiger partial charge in [-0.25, -0.2) is 0 Å². The lowest BCUT2D eigenvalue weighted by Crippen LogP contribution is -2.07. The second kappa shape index (κ2) is 4.42. The molecule has 0 saturated heterocycles. The van der Waals surface area contributed by atoms with Crippen LogP contribution in [0.4, 0.5) is 5.69 Å². The Labute approximate surface area is 101 Å². The zero-order valence-corrected chi connectivity index (χ0v) is 9.56. The van der Waals surface area contributed by atoms with E-state index in [4.69, 9.17) is 0 Å². The summed E-state index contributed by atoms with van der Waals surface area (Å²) in [5, 5.41) is 3.25. The average Bonchev–Trinajstić information content (AvgIpc) is 2.62. The van der Waals surface area contributed by atoms with E-state index in [0.29, 0.717) is 0 Å². The van der Waals surface area contributed by atoms with Crippen LogP contribution in [0.25, 0.3) is 0 Å². The number of nitrogens with zero attached hydrogens (tertiary/aromatic N) is 1. The molecule has 0 amide bonds. The summed E-state index contributed by atoms with van der Waals surface area (Å²) in [6.45, 7) is 0. The van der Waals surface area contributed by atoms with Gasteiger partial charge in [0, 0.05) is 23.7 Å². The molecule has 0 unspecified atom stereocenters. The molecule has 0 saturated carbocycles. The number of para-hydroxylation sites is 1. The summed E-state index contributed by atoms with van der Waals surface area (Å²) >= 11 is 0. The minimum absolute atomic E-state index is 1.07. The Morgan fingerprint density at radius 3 is 3.00 bits per heavy atom. The highest BCUT2D eigenvalue weighted by molar-refractivity contribution is 6.16. The Balaban J connectivity index is 2.10. The molecule has 1 aliphatic carbocycles. The van der Waals surface area contributed by atoms with Gasteiger partial charge in [0.15, 0.2) is 0 Å². The molecule has 2 aliphatic rings.